The SMILES string of the molecule is CC(NC(=O)c1sccc1Br)c1ccc2c(c1)CCC(=O)N2. The van der Waals surface area contributed by atoms with Crippen LogP contribution >= 0.6 is 27.3 Å². The van der Waals surface area contributed by atoms with Gasteiger partial charge >= 0.3 is 0 Å². The molecule has 0 saturated heterocycles. The highest BCUT2D eigenvalue weighted by molar-refractivity contribution is 9.10. The fourth-order valence-electron chi connectivity index (χ4n) is 2.47. The maximum Gasteiger partial charge on any atom is 0.262 e. The van der Waals surface area contributed by atoms with Crippen molar-refractivity contribution in [1.82, 2.24) is 5.32 Å². The van der Waals surface area contributed by atoms with Crippen LogP contribution in [-0.2, 0) is 11.2 Å². The molecule has 1 aromatic carbocycles. The zero-order valence-corrected chi connectivity index (χ0v) is 14.4. The zero-order chi connectivity index (χ0) is 15.7. The first-order valence-electron chi connectivity index (χ1n) is 7.01. The molecule has 114 valence electrons. The summed E-state index contributed by atoms with van der Waals surface area (Å²) >= 11 is 4.79. The van der Waals surface area contributed by atoms with Gasteiger partial charge in [-0.3, -0.25) is 9.59 Å². The number of hydrogen-bond acceptors (Lipinski definition) is 3. The predicted molar refractivity (Wildman–Crippen MR) is 91.3 cm³/mol. The Morgan fingerprint density at radius 1 is 1.36 bits per heavy atom. The van der Waals surface area contributed by atoms with E-state index in [2.05, 4.69) is 32.6 Å². The fourth-order valence-corrected chi connectivity index (χ4v) is 3.93. The Kier molecular flexibility index (Phi) is 4.31. The van der Waals surface area contributed by atoms with Crippen molar-refractivity contribution < 1.29 is 9.59 Å². The average molecular weight is 379 g/mol. The number of fused-ring (bicyclic) bond motifs is 1. The number of halogens is 1. The topological polar surface area (TPSA) is 58.2 Å². The van der Waals surface area contributed by atoms with Crippen molar-refractivity contribution in [3.63, 3.8) is 0 Å². The lowest BCUT2D eigenvalue weighted by Crippen LogP contribution is -2.26. The second-order valence-electron chi connectivity index (χ2n) is 5.26. The summed E-state index contributed by atoms with van der Waals surface area (Å²) in [5, 5.41) is 7.76. The smallest absolute Gasteiger partial charge is 0.262 e. The van der Waals surface area contributed by atoms with Crippen molar-refractivity contribution in [2.24, 2.45) is 0 Å². The van der Waals surface area contributed by atoms with Crippen molar-refractivity contribution >= 4 is 44.8 Å². The maximum atomic E-state index is 12.3. The molecule has 1 unspecified atom stereocenters. The van der Waals surface area contributed by atoms with Gasteiger partial charge in [0.05, 0.1) is 6.04 Å². The first kappa shape index (κ1) is 15.2. The van der Waals surface area contributed by atoms with Gasteiger partial charge in [0, 0.05) is 16.6 Å². The summed E-state index contributed by atoms with van der Waals surface area (Å²) in [7, 11) is 0. The first-order chi connectivity index (χ1) is 10.5. The summed E-state index contributed by atoms with van der Waals surface area (Å²) in [6.45, 7) is 1.96. The average Bonchev–Trinajstić information content (AvgIpc) is 2.92. The molecule has 0 fully saturated rings. The third-order valence-electron chi connectivity index (χ3n) is 3.70. The number of carbonyl (C=O) groups is 2. The number of rotatable bonds is 3. The molecule has 4 nitrogen and oxygen atoms in total. The van der Waals surface area contributed by atoms with Crippen molar-refractivity contribution in [3.8, 4) is 0 Å². The second-order valence-corrected chi connectivity index (χ2v) is 7.03. The van der Waals surface area contributed by atoms with Crippen molar-refractivity contribution in [2.75, 3.05) is 5.32 Å². The molecular weight excluding hydrogens is 364 g/mol. The number of nitrogens with one attached hydrogen (secondary N) is 2. The Balaban J connectivity index is 1.75. The van der Waals surface area contributed by atoms with E-state index in [0.717, 1.165) is 27.7 Å². The number of anilines is 1. The maximum absolute atomic E-state index is 12.3. The van der Waals surface area contributed by atoms with Gasteiger partial charge < -0.3 is 10.6 Å². The Morgan fingerprint density at radius 2 is 2.18 bits per heavy atom. The quantitative estimate of drug-likeness (QED) is 0.850. The van der Waals surface area contributed by atoms with E-state index < -0.39 is 0 Å². The van der Waals surface area contributed by atoms with Crippen LogP contribution in [0.1, 0.15) is 40.2 Å². The molecule has 0 saturated carbocycles. The lowest BCUT2D eigenvalue weighted by atomic mass is 9.98. The molecule has 0 aliphatic carbocycles. The first-order valence-corrected chi connectivity index (χ1v) is 8.68. The van der Waals surface area contributed by atoms with Crippen LogP contribution in [0.15, 0.2) is 34.1 Å². The van der Waals surface area contributed by atoms with Crippen molar-refractivity contribution in [1.29, 1.82) is 0 Å². The second kappa shape index (κ2) is 6.22. The molecule has 0 spiro atoms. The summed E-state index contributed by atoms with van der Waals surface area (Å²) in [5.74, 6) is -0.0236. The molecule has 0 radical (unpaired) electrons. The Labute approximate surface area is 141 Å². The summed E-state index contributed by atoms with van der Waals surface area (Å²) in [6.07, 6.45) is 1.26. The molecule has 1 aliphatic rings. The van der Waals surface area contributed by atoms with Gasteiger partial charge in [-0.15, -0.1) is 11.3 Å². The van der Waals surface area contributed by atoms with Gasteiger partial charge in [0.25, 0.3) is 5.91 Å². The number of aryl methyl sites for hydroxylation is 1. The molecule has 22 heavy (non-hydrogen) atoms. The van der Waals surface area contributed by atoms with Crippen molar-refractivity contribution in [2.45, 2.75) is 25.8 Å². The molecule has 2 N–H and O–H groups in total. The lowest BCUT2D eigenvalue weighted by Gasteiger charge is -2.20. The van der Waals surface area contributed by atoms with Crippen molar-refractivity contribution in [3.05, 3.63) is 50.1 Å². The van der Waals surface area contributed by atoms with Crippen LogP contribution in [0.5, 0.6) is 0 Å². The highest BCUT2D eigenvalue weighted by Crippen LogP contribution is 2.27. The number of thiophene rings is 1. The fraction of sp³-hybridized carbons (Fsp3) is 0.250. The minimum Gasteiger partial charge on any atom is -0.345 e. The van der Waals surface area contributed by atoms with E-state index in [1.165, 1.54) is 11.3 Å². The minimum absolute atomic E-state index is 0.0594. The van der Waals surface area contributed by atoms with Gasteiger partial charge in [-0.2, -0.15) is 0 Å². The van der Waals surface area contributed by atoms with E-state index in [0.29, 0.717) is 11.3 Å². The number of hydrogen-bond donors (Lipinski definition) is 2. The molecule has 1 aliphatic heterocycles. The van der Waals surface area contributed by atoms with E-state index in [1.54, 1.807) is 0 Å². The lowest BCUT2D eigenvalue weighted by molar-refractivity contribution is -0.116. The van der Waals surface area contributed by atoms with Gasteiger partial charge in [0.2, 0.25) is 5.91 Å². The highest BCUT2D eigenvalue weighted by atomic mass is 79.9. The van der Waals surface area contributed by atoms with E-state index in [1.807, 2.05) is 30.5 Å². The molecule has 2 amide bonds. The summed E-state index contributed by atoms with van der Waals surface area (Å²) < 4.78 is 0.815. The largest absolute Gasteiger partial charge is 0.345 e. The summed E-state index contributed by atoms with van der Waals surface area (Å²) in [5.41, 5.74) is 3.03. The molecule has 6 heteroatoms. The number of benzene rings is 1. The van der Waals surface area contributed by atoms with Crippen LogP contribution < -0.4 is 10.6 Å². The van der Waals surface area contributed by atoms with Crippen LogP contribution in [0.25, 0.3) is 0 Å². The summed E-state index contributed by atoms with van der Waals surface area (Å²) in [6, 6.07) is 7.68. The molecule has 1 atom stereocenters. The zero-order valence-electron chi connectivity index (χ0n) is 12.0. The van der Waals surface area contributed by atoms with Gasteiger partial charge in [-0.05, 0) is 57.9 Å². The van der Waals surface area contributed by atoms with Crippen LogP contribution in [0.3, 0.4) is 0 Å². The van der Waals surface area contributed by atoms with Crippen LogP contribution in [0.4, 0.5) is 5.69 Å². The Bertz CT molecular complexity index is 741. The van der Waals surface area contributed by atoms with Crippen LogP contribution in [0, 0.1) is 0 Å². The standard InChI is InChI=1S/C16H15BrN2O2S/c1-9(18-16(21)15-12(17)6-7-22-15)10-2-4-13-11(8-10)3-5-14(20)19-13/h2,4,6-9H,3,5H2,1H3,(H,18,21)(H,19,20). The van der Waals surface area contributed by atoms with Crippen LogP contribution in [0.2, 0.25) is 0 Å². The third-order valence-corrected chi connectivity index (χ3v) is 5.53. The minimum atomic E-state index is -0.0931. The van der Waals surface area contributed by atoms with E-state index >= 15 is 0 Å². The normalized spacial score (nSPS) is 14.9. The van der Waals surface area contributed by atoms with Gasteiger partial charge in [0.1, 0.15) is 4.88 Å². The molecule has 0 bridgehead atoms. The highest BCUT2D eigenvalue weighted by Gasteiger charge is 2.18. The van der Waals surface area contributed by atoms with E-state index in [9.17, 15) is 9.59 Å². The third kappa shape index (κ3) is 3.08. The Hall–Kier alpha value is -1.66. The molecule has 3 rings (SSSR count). The molecular formula is C16H15BrN2O2S. The number of carbonyl (C=O) groups excluding carboxylic acids is 2. The van der Waals surface area contributed by atoms with Gasteiger partial charge in [0.15, 0.2) is 0 Å². The van der Waals surface area contributed by atoms with Gasteiger partial charge in [-0.25, -0.2) is 0 Å². The van der Waals surface area contributed by atoms with E-state index in [4.69, 9.17) is 0 Å². The molecule has 1 aromatic heterocycles. The molecule has 2 aromatic rings. The Morgan fingerprint density at radius 3 is 2.91 bits per heavy atom. The van der Waals surface area contributed by atoms with Crippen LogP contribution in [-0.4, -0.2) is 11.8 Å². The monoisotopic (exact) mass is 378 g/mol. The summed E-state index contributed by atoms with van der Waals surface area (Å²) in [4.78, 5) is 24.3. The predicted octanol–water partition coefficient (Wildman–Crippen LogP) is 3.89. The van der Waals surface area contributed by atoms with Gasteiger partial charge in [-0.1, -0.05) is 12.1 Å². The van der Waals surface area contributed by atoms with E-state index in [-0.39, 0.29) is 17.9 Å². The molecule has 2 heterocycles. The number of amides is 2.